The monoisotopic (exact) mass is 333 g/mol. The van der Waals surface area contributed by atoms with E-state index in [1.165, 1.54) is 0 Å². The average molecular weight is 333 g/mol. The van der Waals surface area contributed by atoms with Crippen LogP contribution in [0.3, 0.4) is 0 Å². The molecule has 1 aromatic heterocycles. The number of nitrogens with zero attached hydrogens (tertiary/aromatic N) is 2. The summed E-state index contributed by atoms with van der Waals surface area (Å²) in [5.74, 6) is 1.36. The highest BCUT2D eigenvalue weighted by Gasteiger charge is 2.23. The van der Waals surface area contributed by atoms with Crippen LogP contribution < -0.4 is 14.8 Å². The van der Waals surface area contributed by atoms with Crippen molar-refractivity contribution in [2.45, 2.75) is 34.6 Å². The molecule has 24 heavy (non-hydrogen) atoms. The fourth-order valence-electron chi connectivity index (χ4n) is 1.86. The van der Waals surface area contributed by atoms with Crippen molar-refractivity contribution in [3.63, 3.8) is 0 Å². The Morgan fingerprint density at radius 2 is 1.79 bits per heavy atom. The molecule has 2 aromatic rings. The van der Waals surface area contributed by atoms with Crippen molar-refractivity contribution in [1.82, 2.24) is 10.2 Å². The normalized spacial score (nSPS) is 11.2. The minimum atomic E-state index is -0.546. The zero-order chi connectivity index (χ0) is 17.7. The van der Waals surface area contributed by atoms with E-state index < -0.39 is 5.41 Å². The number of anilines is 1. The van der Waals surface area contributed by atoms with Crippen molar-refractivity contribution in [2.24, 2.45) is 5.41 Å². The largest absolute Gasteiger partial charge is 0.490 e. The molecule has 130 valence electrons. The summed E-state index contributed by atoms with van der Waals surface area (Å²) in [4.78, 5) is 12.0. The van der Waals surface area contributed by atoms with Gasteiger partial charge in [-0.2, -0.15) is 0 Å². The van der Waals surface area contributed by atoms with Crippen LogP contribution in [-0.2, 0) is 4.79 Å². The number of rotatable bonds is 6. The van der Waals surface area contributed by atoms with Crippen molar-refractivity contribution < 1.29 is 18.7 Å². The molecule has 0 aliphatic heterocycles. The molecule has 0 bridgehead atoms. The smallest absolute Gasteiger partial charge is 0.322 e. The minimum Gasteiger partial charge on any atom is -0.490 e. The van der Waals surface area contributed by atoms with Gasteiger partial charge in [0.25, 0.3) is 0 Å². The van der Waals surface area contributed by atoms with E-state index in [0.29, 0.717) is 36.2 Å². The third-order valence-electron chi connectivity index (χ3n) is 3.12. The molecule has 0 unspecified atom stereocenters. The van der Waals surface area contributed by atoms with Crippen LogP contribution in [0.2, 0.25) is 0 Å². The van der Waals surface area contributed by atoms with Crippen molar-refractivity contribution in [3.05, 3.63) is 18.2 Å². The van der Waals surface area contributed by atoms with E-state index in [0.717, 1.165) is 0 Å². The Hall–Kier alpha value is -2.57. The number of carbonyl (C=O) groups is 1. The second kappa shape index (κ2) is 7.33. The first kappa shape index (κ1) is 17.8. The van der Waals surface area contributed by atoms with Crippen LogP contribution in [0.5, 0.6) is 11.5 Å². The Balaban J connectivity index is 2.23. The SMILES string of the molecule is CCOc1ccc(-c2nnc(NC(=O)C(C)(C)C)o2)cc1OCC. The second-order valence-electron chi connectivity index (χ2n) is 6.14. The molecular weight excluding hydrogens is 310 g/mol. The highest BCUT2D eigenvalue weighted by molar-refractivity contribution is 5.92. The molecule has 0 fully saturated rings. The molecule has 7 heteroatoms. The first-order chi connectivity index (χ1) is 11.3. The van der Waals surface area contributed by atoms with Crippen LogP contribution >= 0.6 is 0 Å². The van der Waals surface area contributed by atoms with Crippen LogP contribution in [-0.4, -0.2) is 29.3 Å². The quantitative estimate of drug-likeness (QED) is 0.870. The molecule has 0 saturated heterocycles. The third-order valence-corrected chi connectivity index (χ3v) is 3.12. The molecular formula is C17H23N3O4. The van der Waals surface area contributed by atoms with Crippen LogP contribution in [0, 0.1) is 5.41 Å². The lowest BCUT2D eigenvalue weighted by molar-refractivity contribution is -0.123. The summed E-state index contributed by atoms with van der Waals surface area (Å²) < 4.78 is 16.6. The maximum Gasteiger partial charge on any atom is 0.322 e. The van der Waals surface area contributed by atoms with Gasteiger partial charge < -0.3 is 13.9 Å². The Morgan fingerprint density at radius 3 is 2.42 bits per heavy atom. The summed E-state index contributed by atoms with van der Waals surface area (Å²) in [6.07, 6.45) is 0. The van der Waals surface area contributed by atoms with Crippen LogP contribution in [0.1, 0.15) is 34.6 Å². The predicted octanol–water partition coefficient (Wildman–Crippen LogP) is 3.52. The highest BCUT2D eigenvalue weighted by Crippen LogP contribution is 2.33. The van der Waals surface area contributed by atoms with Crippen molar-refractivity contribution in [1.29, 1.82) is 0 Å². The van der Waals surface area contributed by atoms with Gasteiger partial charge in [-0.25, -0.2) is 0 Å². The number of hydrogen-bond donors (Lipinski definition) is 1. The molecule has 1 N–H and O–H groups in total. The summed E-state index contributed by atoms with van der Waals surface area (Å²) in [6, 6.07) is 5.44. The van der Waals surface area contributed by atoms with E-state index in [1.54, 1.807) is 39.0 Å². The molecule has 0 atom stereocenters. The molecule has 1 heterocycles. The first-order valence-electron chi connectivity index (χ1n) is 7.90. The Bertz CT molecular complexity index is 704. The van der Waals surface area contributed by atoms with E-state index in [-0.39, 0.29) is 11.9 Å². The minimum absolute atomic E-state index is 0.0665. The summed E-state index contributed by atoms with van der Waals surface area (Å²) in [5.41, 5.74) is 0.140. The van der Waals surface area contributed by atoms with Crippen LogP contribution in [0.25, 0.3) is 11.5 Å². The lowest BCUT2D eigenvalue weighted by Crippen LogP contribution is -2.27. The molecule has 0 spiro atoms. The highest BCUT2D eigenvalue weighted by atomic mass is 16.5. The Morgan fingerprint density at radius 1 is 1.12 bits per heavy atom. The van der Waals surface area contributed by atoms with Gasteiger partial charge in [-0.05, 0) is 32.0 Å². The zero-order valence-electron chi connectivity index (χ0n) is 14.7. The maximum atomic E-state index is 12.0. The van der Waals surface area contributed by atoms with E-state index in [4.69, 9.17) is 13.9 Å². The van der Waals surface area contributed by atoms with Gasteiger partial charge in [0.1, 0.15) is 0 Å². The van der Waals surface area contributed by atoms with E-state index in [2.05, 4.69) is 15.5 Å². The number of ether oxygens (including phenoxy) is 2. The lowest BCUT2D eigenvalue weighted by Gasteiger charge is -2.15. The van der Waals surface area contributed by atoms with Gasteiger partial charge in [0.05, 0.1) is 13.2 Å². The van der Waals surface area contributed by atoms with Crippen LogP contribution in [0.15, 0.2) is 22.6 Å². The molecule has 1 amide bonds. The van der Waals surface area contributed by atoms with Gasteiger partial charge in [0.2, 0.25) is 11.8 Å². The lowest BCUT2D eigenvalue weighted by atomic mass is 9.96. The molecule has 1 aromatic carbocycles. The fraction of sp³-hybridized carbons (Fsp3) is 0.471. The van der Waals surface area contributed by atoms with Crippen molar-refractivity contribution in [2.75, 3.05) is 18.5 Å². The molecule has 7 nitrogen and oxygen atoms in total. The molecule has 0 saturated carbocycles. The zero-order valence-corrected chi connectivity index (χ0v) is 14.7. The molecule has 0 aliphatic rings. The average Bonchev–Trinajstić information content (AvgIpc) is 2.97. The van der Waals surface area contributed by atoms with Gasteiger partial charge in [0.15, 0.2) is 11.5 Å². The van der Waals surface area contributed by atoms with E-state index in [1.807, 2.05) is 13.8 Å². The molecule has 2 rings (SSSR count). The standard InChI is InChI=1S/C17H23N3O4/c1-6-22-12-9-8-11(10-13(12)23-7-2)14-19-20-16(24-14)18-15(21)17(3,4)5/h8-10H,6-7H2,1-5H3,(H,18,20,21). The second-order valence-corrected chi connectivity index (χ2v) is 6.14. The van der Waals surface area contributed by atoms with Gasteiger partial charge in [-0.3, -0.25) is 10.1 Å². The number of aromatic nitrogens is 2. The Kier molecular flexibility index (Phi) is 5.43. The van der Waals surface area contributed by atoms with E-state index in [9.17, 15) is 4.79 Å². The van der Waals surface area contributed by atoms with Gasteiger partial charge in [0, 0.05) is 11.0 Å². The first-order valence-corrected chi connectivity index (χ1v) is 7.90. The van der Waals surface area contributed by atoms with Crippen LogP contribution in [0.4, 0.5) is 6.01 Å². The van der Waals surface area contributed by atoms with Gasteiger partial charge in [-0.15, -0.1) is 5.10 Å². The number of amides is 1. The predicted molar refractivity (Wildman–Crippen MR) is 90.2 cm³/mol. The summed E-state index contributed by atoms with van der Waals surface area (Å²) in [6.45, 7) is 10.3. The molecule has 0 aliphatic carbocycles. The number of carbonyl (C=O) groups excluding carboxylic acids is 1. The number of benzene rings is 1. The fourth-order valence-corrected chi connectivity index (χ4v) is 1.86. The Labute approximate surface area is 141 Å². The van der Waals surface area contributed by atoms with Crippen molar-refractivity contribution >= 4 is 11.9 Å². The maximum absolute atomic E-state index is 12.0. The van der Waals surface area contributed by atoms with Gasteiger partial charge >= 0.3 is 6.01 Å². The van der Waals surface area contributed by atoms with E-state index >= 15 is 0 Å². The third kappa shape index (κ3) is 4.24. The summed E-state index contributed by atoms with van der Waals surface area (Å²) in [5, 5.41) is 10.4. The topological polar surface area (TPSA) is 86.5 Å². The number of nitrogens with one attached hydrogen (secondary N) is 1. The summed E-state index contributed by atoms with van der Waals surface area (Å²) in [7, 11) is 0. The van der Waals surface area contributed by atoms with Gasteiger partial charge in [-0.1, -0.05) is 25.9 Å². The van der Waals surface area contributed by atoms with Crippen molar-refractivity contribution in [3.8, 4) is 23.0 Å². The summed E-state index contributed by atoms with van der Waals surface area (Å²) >= 11 is 0. The molecule has 0 radical (unpaired) electrons. The number of hydrogen-bond acceptors (Lipinski definition) is 6.